The molecule has 0 fully saturated rings. The third-order valence-electron chi connectivity index (χ3n) is 7.68. The molecule has 9 rings (SSSR count). The summed E-state index contributed by atoms with van der Waals surface area (Å²) in [5, 5.41) is 0. The van der Waals surface area contributed by atoms with Gasteiger partial charge in [-0.1, -0.05) is 54.6 Å². The Bertz CT molecular complexity index is 1490. The first-order valence-corrected chi connectivity index (χ1v) is 13.6. The highest BCUT2D eigenvalue weighted by atomic mass is 16.5. The molecular formula is C36H33NO2. The van der Waals surface area contributed by atoms with Gasteiger partial charge < -0.3 is 14.4 Å². The molecule has 194 valence electrons. The second-order valence-corrected chi connectivity index (χ2v) is 10.1. The average Bonchev–Trinajstić information content (AvgIpc) is 3.00. The average molecular weight is 512 g/mol. The van der Waals surface area contributed by atoms with E-state index < -0.39 is 0 Å². The summed E-state index contributed by atoms with van der Waals surface area (Å²) in [5.41, 5.74) is 11.4. The topological polar surface area (TPSA) is 21.7 Å². The molecule has 0 aromatic heterocycles. The first kappa shape index (κ1) is 24.8. The Morgan fingerprint density at radius 2 is 0.897 bits per heavy atom. The number of benzene rings is 5. The molecule has 4 aliphatic carbocycles. The molecule has 0 saturated carbocycles. The zero-order chi connectivity index (χ0) is 26.6. The van der Waals surface area contributed by atoms with Crippen LogP contribution in [0.3, 0.4) is 0 Å². The maximum atomic E-state index is 5.40. The molecule has 0 unspecified atom stereocenters. The number of hydrogen-bond acceptors (Lipinski definition) is 3. The predicted octanol–water partition coefficient (Wildman–Crippen LogP) is 8.72. The molecule has 0 saturated heterocycles. The Kier molecular flexibility index (Phi) is 7.05. The molecule has 5 aromatic carbocycles. The van der Waals surface area contributed by atoms with Gasteiger partial charge in [0.15, 0.2) is 0 Å². The van der Waals surface area contributed by atoms with Gasteiger partial charge in [0.25, 0.3) is 0 Å². The van der Waals surface area contributed by atoms with Crippen LogP contribution in [0.25, 0.3) is 11.1 Å². The van der Waals surface area contributed by atoms with Crippen molar-refractivity contribution in [3.8, 4) is 22.6 Å². The van der Waals surface area contributed by atoms with Gasteiger partial charge in [-0.3, -0.25) is 0 Å². The number of aryl methyl sites for hydroxylation is 4. The van der Waals surface area contributed by atoms with Gasteiger partial charge in [-0.15, -0.1) is 0 Å². The van der Waals surface area contributed by atoms with E-state index in [-0.39, 0.29) is 0 Å². The van der Waals surface area contributed by atoms with Crippen LogP contribution in [0.1, 0.15) is 22.3 Å². The van der Waals surface area contributed by atoms with Crippen LogP contribution in [-0.4, -0.2) is 14.2 Å². The van der Waals surface area contributed by atoms with Gasteiger partial charge in [-0.25, -0.2) is 0 Å². The van der Waals surface area contributed by atoms with Crippen molar-refractivity contribution < 1.29 is 9.47 Å². The van der Waals surface area contributed by atoms with Crippen molar-refractivity contribution in [1.82, 2.24) is 0 Å². The fraction of sp³-hybridized carbons (Fsp3) is 0.167. The number of methoxy groups -OCH3 is 2. The van der Waals surface area contributed by atoms with Crippen LogP contribution in [0.2, 0.25) is 0 Å². The van der Waals surface area contributed by atoms with E-state index in [1.165, 1.54) is 33.4 Å². The van der Waals surface area contributed by atoms with Crippen LogP contribution in [0.15, 0.2) is 115 Å². The van der Waals surface area contributed by atoms with E-state index in [9.17, 15) is 0 Å². The summed E-state index contributed by atoms with van der Waals surface area (Å²) in [6.07, 6.45) is 4.19. The predicted molar refractivity (Wildman–Crippen MR) is 161 cm³/mol. The highest BCUT2D eigenvalue weighted by Crippen LogP contribution is 2.37. The van der Waals surface area contributed by atoms with Crippen LogP contribution in [-0.2, 0) is 25.7 Å². The SMILES string of the molecule is COc1ccc(N(c2ccc(OC)cc2)c2ccc(-c3cc4ccc3CCc3ccc(cc3)CC4)cc2)cc1. The molecule has 0 atom stereocenters. The lowest BCUT2D eigenvalue weighted by Crippen LogP contribution is -2.09. The molecule has 0 N–H and O–H groups in total. The van der Waals surface area contributed by atoms with Gasteiger partial charge in [0, 0.05) is 17.1 Å². The molecule has 0 amide bonds. The van der Waals surface area contributed by atoms with Crippen LogP contribution < -0.4 is 14.4 Å². The molecular weight excluding hydrogens is 478 g/mol. The van der Waals surface area contributed by atoms with Gasteiger partial charge in [0.1, 0.15) is 11.5 Å². The maximum Gasteiger partial charge on any atom is 0.119 e. The van der Waals surface area contributed by atoms with Crippen LogP contribution in [0.5, 0.6) is 11.5 Å². The van der Waals surface area contributed by atoms with Gasteiger partial charge >= 0.3 is 0 Å². The Morgan fingerprint density at radius 3 is 1.41 bits per heavy atom. The first-order chi connectivity index (χ1) is 19.2. The maximum absolute atomic E-state index is 5.40. The Morgan fingerprint density at radius 1 is 0.462 bits per heavy atom. The Labute approximate surface area is 231 Å². The second-order valence-electron chi connectivity index (χ2n) is 10.1. The van der Waals surface area contributed by atoms with E-state index in [0.717, 1.165) is 54.2 Å². The number of anilines is 3. The van der Waals surface area contributed by atoms with Crippen LogP contribution >= 0.6 is 0 Å². The zero-order valence-electron chi connectivity index (χ0n) is 22.6. The smallest absolute Gasteiger partial charge is 0.119 e. The monoisotopic (exact) mass is 511 g/mol. The first-order valence-electron chi connectivity index (χ1n) is 13.6. The summed E-state index contributed by atoms with van der Waals surface area (Å²) in [6, 6.07) is 41.6. The van der Waals surface area contributed by atoms with Crippen molar-refractivity contribution in [2.75, 3.05) is 19.1 Å². The molecule has 3 heteroatoms. The van der Waals surface area contributed by atoms with E-state index in [0.29, 0.717) is 0 Å². The zero-order valence-corrected chi connectivity index (χ0v) is 22.6. The van der Waals surface area contributed by atoms with E-state index in [2.05, 4.69) is 95.9 Å². The fourth-order valence-electron chi connectivity index (χ4n) is 5.41. The molecule has 4 aliphatic rings. The fourth-order valence-corrected chi connectivity index (χ4v) is 5.41. The van der Waals surface area contributed by atoms with Crippen molar-refractivity contribution in [3.05, 3.63) is 138 Å². The minimum Gasteiger partial charge on any atom is -0.497 e. The summed E-state index contributed by atoms with van der Waals surface area (Å²) in [5.74, 6) is 1.68. The molecule has 0 heterocycles. The highest BCUT2D eigenvalue weighted by molar-refractivity contribution is 5.79. The summed E-state index contributed by atoms with van der Waals surface area (Å²) in [6.45, 7) is 0. The second kappa shape index (κ2) is 11.1. The van der Waals surface area contributed by atoms with Gasteiger partial charge in [0.2, 0.25) is 0 Å². The minimum absolute atomic E-state index is 0.839. The van der Waals surface area contributed by atoms with E-state index in [1.54, 1.807) is 14.2 Å². The molecule has 0 radical (unpaired) electrons. The van der Waals surface area contributed by atoms with Gasteiger partial charge in [-0.2, -0.15) is 0 Å². The van der Waals surface area contributed by atoms with Gasteiger partial charge in [0.05, 0.1) is 14.2 Å². The molecule has 3 nitrogen and oxygen atoms in total. The third-order valence-corrected chi connectivity index (χ3v) is 7.68. The molecule has 4 bridgehead atoms. The summed E-state index contributed by atoms with van der Waals surface area (Å²) >= 11 is 0. The summed E-state index contributed by atoms with van der Waals surface area (Å²) in [7, 11) is 3.39. The normalized spacial score (nSPS) is 12.5. The highest BCUT2D eigenvalue weighted by Gasteiger charge is 2.15. The lowest BCUT2D eigenvalue weighted by Gasteiger charge is -2.26. The van der Waals surface area contributed by atoms with Crippen molar-refractivity contribution in [3.63, 3.8) is 0 Å². The molecule has 0 aliphatic heterocycles. The standard InChI is InChI=1S/C36H33NO2/c1-38-34-21-17-32(18-22-34)37(33-19-23-35(39-2)24-20-33)31-15-13-30(14-16-31)36-25-28-8-7-26-3-5-27(6-4-26)9-11-29(36)12-10-28/h3-6,10,12-25H,7-9,11H2,1-2H3. The lowest BCUT2D eigenvalue weighted by molar-refractivity contribution is 0.415. The lowest BCUT2D eigenvalue weighted by atomic mass is 9.90. The van der Waals surface area contributed by atoms with Crippen LogP contribution in [0, 0.1) is 0 Å². The number of nitrogens with zero attached hydrogens (tertiary/aromatic N) is 1. The van der Waals surface area contributed by atoms with E-state index >= 15 is 0 Å². The minimum atomic E-state index is 0.839. The van der Waals surface area contributed by atoms with Crippen molar-refractivity contribution in [1.29, 1.82) is 0 Å². The van der Waals surface area contributed by atoms with E-state index in [1.807, 2.05) is 24.3 Å². The molecule has 0 spiro atoms. The van der Waals surface area contributed by atoms with Crippen molar-refractivity contribution in [2.45, 2.75) is 25.7 Å². The summed E-state index contributed by atoms with van der Waals surface area (Å²) < 4.78 is 10.8. The molecule has 39 heavy (non-hydrogen) atoms. The van der Waals surface area contributed by atoms with Crippen molar-refractivity contribution >= 4 is 17.1 Å². The third kappa shape index (κ3) is 5.39. The summed E-state index contributed by atoms with van der Waals surface area (Å²) in [4.78, 5) is 2.26. The van der Waals surface area contributed by atoms with E-state index in [4.69, 9.17) is 9.47 Å². The number of rotatable bonds is 6. The number of ether oxygens (including phenoxy) is 2. The Balaban J connectivity index is 1.36. The number of hydrogen-bond donors (Lipinski definition) is 0. The largest absolute Gasteiger partial charge is 0.497 e. The Hall–Kier alpha value is -4.50. The van der Waals surface area contributed by atoms with Gasteiger partial charge in [-0.05, 0) is 120 Å². The van der Waals surface area contributed by atoms with Crippen molar-refractivity contribution in [2.24, 2.45) is 0 Å². The molecule has 5 aromatic rings. The quantitative estimate of drug-likeness (QED) is 0.227. The van der Waals surface area contributed by atoms with Crippen LogP contribution in [0.4, 0.5) is 17.1 Å².